The van der Waals surface area contributed by atoms with Crippen molar-refractivity contribution >= 4 is 5.95 Å². The van der Waals surface area contributed by atoms with Crippen LogP contribution in [-0.2, 0) is 10.8 Å². The summed E-state index contributed by atoms with van der Waals surface area (Å²) in [5.74, 6) is 0.476. The van der Waals surface area contributed by atoms with Crippen LogP contribution in [-0.4, -0.2) is 15.0 Å². The van der Waals surface area contributed by atoms with Crippen molar-refractivity contribution in [2.75, 3.05) is 5.73 Å². The van der Waals surface area contributed by atoms with Crippen molar-refractivity contribution in [3.05, 3.63) is 36.2 Å². The Morgan fingerprint density at radius 2 is 1.58 bits per heavy atom. The van der Waals surface area contributed by atoms with Crippen molar-refractivity contribution in [3.63, 3.8) is 0 Å². The molecule has 12 rings (SSSR count). The molecule has 120 valence electrons. The molecule has 4 unspecified atom stereocenters. The van der Waals surface area contributed by atoms with Gasteiger partial charge < -0.3 is 0 Å². The summed E-state index contributed by atoms with van der Waals surface area (Å²) in [6, 6.07) is 8.36. The summed E-state index contributed by atoms with van der Waals surface area (Å²) in [5, 5.41) is 0. The van der Waals surface area contributed by atoms with E-state index in [-0.39, 0.29) is 0 Å². The number of fused-ring (bicyclic) bond motifs is 10. The van der Waals surface area contributed by atoms with Crippen molar-refractivity contribution in [2.24, 2.45) is 0 Å². The van der Waals surface area contributed by atoms with Gasteiger partial charge in [-0.15, -0.1) is 0 Å². The minimum atomic E-state index is -3.18. The zero-order valence-corrected chi connectivity index (χ0v) is 14.0. The quantitative estimate of drug-likeness (QED) is 0.829. The van der Waals surface area contributed by atoms with Gasteiger partial charge in [0.25, 0.3) is 0 Å². The van der Waals surface area contributed by atoms with E-state index in [1.54, 1.807) is 0 Å². The molecule has 24 heavy (non-hydrogen) atoms. The van der Waals surface area contributed by atoms with Crippen LogP contribution in [0, 0.1) is 0 Å². The molecule has 12 heterocycles. The van der Waals surface area contributed by atoms with Crippen molar-refractivity contribution in [1.29, 1.82) is 0 Å². The molecule has 0 bridgehead atoms. The average Bonchev–Trinajstić information content (AvgIpc) is 3.55. The average molecular weight is 356 g/mol. The first kappa shape index (κ1) is 9.30. The van der Waals surface area contributed by atoms with Gasteiger partial charge in [-0.1, -0.05) is 0 Å². The molecule has 2 aromatic rings. The standard InChI is InChI=1S/C14H11N4.C5H5.Fe/c15-14-17-12(10-5-1-2-6-10)9-13(18-14)11-7-3-4-8-16-11;1-2-4-5-3-1;/h1-9H,(H2,15,17,18);1-5H;. The molecule has 10 aliphatic rings. The third-order valence-electron chi connectivity index (χ3n) is 16.7. The van der Waals surface area contributed by atoms with Crippen LogP contribution in [0.15, 0.2) is 30.5 Å². The molecule has 0 aromatic carbocycles. The van der Waals surface area contributed by atoms with Crippen molar-refractivity contribution in [2.45, 2.75) is 47.7 Å². The number of nitrogens with two attached hydrogens (primary N) is 1. The normalized spacial score (nSPS) is 87.6. The van der Waals surface area contributed by atoms with Gasteiger partial charge in [0.05, 0.1) is 0 Å². The van der Waals surface area contributed by atoms with E-state index in [2.05, 4.69) is 16.0 Å². The van der Waals surface area contributed by atoms with Crippen LogP contribution in [0.5, 0.6) is 0 Å². The van der Waals surface area contributed by atoms with Crippen LogP contribution in [0.2, 0.25) is 43.3 Å². The second-order valence-corrected chi connectivity index (χ2v) is 35.9. The molecule has 10 saturated heterocycles. The fourth-order valence-electron chi connectivity index (χ4n) is 18.2. The molecule has 0 radical (unpaired) electrons. The first-order chi connectivity index (χ1) is 11.5. The zero-order valence-electron chi connectivity index (χ0n) is 12.9. The van der Waals surface area contributed by atoms with Crippen molar-refractivity contribution < 1.29 is 6.51 Å². The second kappa shape index (κ2) is 0.976. The number of pyridine rings is 1. The predicted octanol–water partition coefficient (Wildman–Crippen LogP) is 3.92. The SMILES string of the molecule is Nc1nc(-c2ccccn2)cc([C]23[CH]4[CH]5[CH]6[CH]2[Fe]56432789[CH]3[CH]2[CH]7[CH]8[CH]39)n1. The molecule has 10 aliphatic heterocycles. The molecule has 1 spiro atoms. The van der Waals surface area contributed by atoms with Gasteiger partial charge in [-0.3, -0.25) is 0 Å². The number of nitrogens with zero attached hydrogens (tertiary/aromatic N) is 3. The molecular formula is C19H16FeN4. The summed E-state index contributed by atoms with van der Waals surface area (Å²) >= 11 is 0. The van der Waals surface area contributed by atoms with Crippen molar-refractivity contribution in [1.82, 2.24) is 15.0 Å². The maximum absolute atomic E-state index is 6.21. The Balaban J connectivity index is 1.27. The van der Waals surface area contributed by atoms with Crippen LogP contribution in [0.4, 0.5) is 5.95 Å². The summed E-state index contributed by atoms with van der Waals surface area (Å²) < 4.78 is 0.639. The number of rotatable bonds is 2. The molecule has 2 N–H and O–H groups in total. The molecule has 10 fully saturated rings. The van der Waals surface area contributed by atoms with E-state index >= 15 is 0 Å². The van der Waals surface area contributed by atoms with Gasteiger partial charge in [0.1, 0.15) is 0 Å². The summed E-state index contributed by atoms with van der Waals surface area (Å²) in [7, 11) is 0. The van der Waals surface area contributed by atoms with E-state index in [0.29, 0.717) is 10.3 Å². The molecular weight excluding hydrogens is 340 g/mol. The fraction of sp³-hybridized carbons (Fsp3) is 0.526. The van der Waals surface area contributed by atoms with Gasteiger partial charge >= 0.3 is 128 Å². The Labute approximate surface area is 128 Å². The Morgan fingerprint density at radius 3 is 2.08 bits per heavy atom. The molecule has 0 saturated carbocycles. The molecule has 5 heteroatoms. The van der Waals surface area contributed by atoms with Crippen LogP contribution in [0.1, 0.15) is 5.69 Å². The third kappa shape index (κ3) is 0.135. The van der Waals surface area contributed by atoms with E-state index in [1.165, 1.54) is 49.0 Å². The number of hydrogen-bond donors (Lipinski definition) is 1. The van der Waals surface area contributed by atoms with E-state index in [0.717, 1.165) is 11.4 Å². The summed E-state index contributed by atoms with van der Waals surface area (Å²) in [6.45, 7) is -3.18. The number of anilines is 1. The van der Waals surface area contributed by atoms with Crippen molar-refractivity contribution in [3.8, 4) is 11.4 Å². The topological polar surface area (TPSA) is 64.7 Å². The van der Waals surface area contributed by atoms with E-state index in [1.807, 2.05) is 24.4 Å². The Hall–Kier alpha value is -1.45. The second-order valence-electron chi connectivity index (χ2n) is 12.4. The summed E-state index contributed by atoms with van der Waals surface area (Å²) in [4.78, 5) is 25.6. The Bertz CT molecular complexity index is 1420. The van der Waals surface area contributed by atoms with E-state index in [4.69, 9.17) is 10.7 Å². The summed E-state index contributed by atoms with van der Waals surface area (Å²) in [5.41, 5.74) is 9.51. The molecule has 0 amide bonds. The number of aromatic nitrogens is 3. The number of hydrogen-bond acceptors (Lipinski definition) is 4. The van der Waals surface area contributed by atoms with E-state index < -0.39 is 6.51 Å². The van der Waals surface area contributed by atoms with Crippen LogP contribution in [0.25, 0.3) is 11.4 Å². The zero-order chi connectivity index (χ0) is 15.0. The maximum atomic E-state index is 6.21. The predicted molar refractivity (Wildman–Crippen MR) is 85.1 cm³/mol. The molecule has 0 aliphatic carbocycles. The van der Waals surface area contributed by atoms with E-state index in [9.17, 15) is 0 Å². The third-order valence-corrected chi connectivity index (χ3v) is 59.1. The first-order valence-electron chi connectivity index (χ1n) is 9.29. The molecule has 4 nitrogen and oxygen atoms in total. The Kier molecular flexibility index (Phi) is 0.378. The van der Waals surface area contributed by atoms with Crippen LogP contribution < -0.4 is 5.73 Å². The number of nitrogen functional groups attached to an aromatic ring is 1. The van der Waals surface area contributed by atoms with Crippen LogP contribution in [0.3, 0.4) is 0 Å². The monoisotopic (exact) mass is 356 g/mol. The summed E-state index contributed by atoms with van der Waals surface area (Å²) in [6.07, 6.45) is 1.85. The molecule has 2 aromatic heterocycles. The van der Waals surface area contributed by atoms with Gasteiger partial charge in [0.15, 0.2) is 0 Å². The van der Waals surface area contributed by atoms with Gasteiger partial charge in [-0.05, 0) is 0 Å². The molecule has 4 atom stereocenters. The first-order valence-corrected chi connectivity index (χ1v) is 15.6. The van der Waals surface area contributed by atoms with Gasteiger partial charge in [-0.2, -0.15) is 0 Å². The van der Waals surface area contributed by atoms with Gasteiger partial charge in [0.2, 0.25) is 0 Å². The van der Waals surface area contributed by atoms with Gasteiger partial charge in [0, 0.05) is 0 Å². The van der Waals surface area contributed by atoms with Gasteiger partial charge in [-0.25, -0.2) is 0 Å². The minimum absolute atomic E-state index is 0.476. The fourth-order valence-corrected chi connectivity index (χ4v) is 92.2. The van der Waals surface area contributed by atoms with Crippen LogP contribution >= 0.6 is 0 Å². The Morgan fingerprint density at radius 1 is 0.875 bits per heavy atom.